The topological polar surface area (TPSA) is 231 Å². The number of ether oxygens (including phenoxy) is 3. The number of rotatable bonds is 86. The highest BCUT2D eigenvalue weighted by molar-refractivity contribution is 7.47. The van der Waals surface area contributed by atoms with Crippen LogP contribution in [0.4, 0.5) is 0 Å². The lowest BCUT2D eigenvalue weighted by Gasteiger charge is -2.21. The SMILES string of the molecule is CC/C=C\C/C=C\C/C=C\C/C=C\C/C=C\C/C=C\CCCCCCCCC(=O)OCC(COP(=O)(O)OCC(O)COP(=O)(O)OCC(O)COC(=O)CCCCCCCCCCCCCCCCCCC/C=C\C/C=C\C/C=C\C/C=C\CCCCC)OC(=O)CCCCCCCCC/C=C\C/C=C\C/C=C\C/C=C\C/C=C\CC. The van der Waals surface area contributed by atoms with Crippen LogP contribution in [-0.4, -0.2) is 95.9 Å². The Morgan fingerprint density at radius 1 is 0.248 bits per heavy atom. The largest absolute Gasteiger partial charge is 0.472 e. The molecule has 0 bridgehead atoms. The highest BCUT2D eigenvalue weighted by Gasteiger charge is 2.29. The van der Waals surface area contributed by atoms with Crippen LogP contribution in [0, 0.1) is 0 Å². The summed E-state index contributed by atoms with van der Waals surface area (Å²) < 4.78 is 61.5. The van der Waals surface area contributed by atoms with Crippen LogP contribution in [0.1, 0.15) is 367 Å². The summed E-state index contributed by atoms with van der Waals surface area (Å²) in [6.07, 6.45) is 118. The standard InChI is InChI=1S/C99H166O16P2/c1-4-7-10-13-16-19-22-25-28-31-34-37-40-42-43-44-45-46-47-48-49-51-54-55-58-61-64-67-70-73-76-79-82-85-97(102)109-88-94(100)89-111-116(105,106)112-90-95(101)91-113-117(107,108)114-93-96(115-99(104)87-84-81-78-75-72-69-66-63-60-57-52-39-36-33-30-27-24-21-18-15-12-9-6-3)92-110-98(103)86-83-80-77-74-71-68-65-62-59-56-53-50-41-38-35-32-29-26-23-20-17-14-11-8-5-2/h8-9,11-12,16-21,25-30,34-39,42-43,50,53,57,59-60,62,94-96,100-101H,4-7,10,13-15,22-24,31-33,40-41,44-49,51-52,54-56,58,61,63-93H2,1-3H3,(H,105,106)(H,107,108)/b11-8-,12-9-,19-16-,20-17-,21-18-,28-25-,29-26-,30-27-,37-34-,38-35-,39-36-,43-42-,53-50-,60-57-,62-59-. The zero-order valence-electron chi connectivity index (χ0n) is 73.6. The van der Waals surface area contributed by atoms with E-state index in [1.54, 1.807) is 0 Å². The first kappa shape index (κ1) is 112. The molecule has 0 aliphatic rings. The summed E-state index contributed by atoms with van der Waals surface area (Å²) in [7, 11) is -9.82. The first-order valence-corrected chi connectivity index (χ1v) is 49.1. The molecule has 16 nitrogen and oxygen atoms in total. The summed E-state index contributed by atoms with van der Waals surface area (Å²) in [6, 6.07) is 0. The Bertz CT molecular complexity index is 2860. The summed E-state index contributed by atoms with van der Waals surface area (Å²) in [4.78, 5) is 59.0. The fourth-order valence-corrected chi connectivity index (χ4v) is 13.8. The molecular weight excluding hydrogens is 1510 g/mol. The summed E-state index contributed by atoms with van der Waals surface area (Å²) in [6.45, 7) is 2.43. The van der Waals surface area contributed by atoms with E-state index in [2.05, 4.69) is 203 Å². The molecule has 0 amide bonds. The van der Waals surface area contributed by atoms with Crippen LogP contribution in [0.5, 0.6) is 0 Å². The fraction of sp³-hybridized carbons (Fsp3) is 0.667. The van der Waals surface area contributed by atoms with E-state index in [-0.39, 0.29) is 19.3 Å². The average Bonchev–Trinajstić information content (AvgIpc) is 0.924. The number of carbonyl (C=O) groups is 3. The molecule has 117 heavy (non-hydrogen) atoms. The van der Waals surface area contributed by atoms with Gasteiger partial charge in [-0.1, -0.05) is 370 Å². The van der Waals surface area contributed by atoms with Crippen LogP contribution in [0.25, 0.3) is 0 Å². The van der Waals surface area contributed by atoms with E-state index in [4.69, 9.17) is 32.3 Å². The van der Waals surface area contributed by atoms with Gasteiger partial charge in [0.05, 0.1) is 26.4 Å². The minimum atomic E-state index is -4.95. The third-order valence-electron chi connectivity index (χ3n) is 19.1. The van der Waals surface area contributed by atoms with Gasteiger partial charge in [-0.05, 0) is 161 Å². The zero-order chi connectivity index (χ0) is 85.1. The van der Waals surface area contributed by atoms with E-state index in [0.29, 0.717) is 19.3 Å². The van der Waals surface area contributed by atoms with Gasteiger partial charge in [0.2, 0.25) is 0 Å². The van der Waals surface area contributed by atoms with Crippen molar-refractivity contribution >= 4 is 33.6 Å². The predicted molar refractivity (Wildman–Crippen MR) is 491 cm³/mol. The number of phosphoric ester groups is 2. The quantitative estimate of drug-likeness (QED) is 0.0146. The fourth-order valence-electron chi connectivity index (χ4n) is 12.2. The van der Waals surface area contributed by atoms with Crippen molar-refractivity contribution in [1.29, 1.82) is 0 Å². The van der Waals surface area contributed by atoms with Gasteiger partial charge in [0.15, 0.2) is 6.10 Å². The van der Waals surface area contributed by atoms with Gasteiger partial charge in [-0.3, -0.25) is 32.5 Å². The number of aliphatic hydroxyl groups excluding tert-OH is 2. The van der Waals surface area contributed by atoms with E-state index in [1.165, 1.54) is 116 Å². The van der Waals surface area contributed by atoms with Crippen LogP contribution < -0.4 is 0 Å². The van der Waals surface area contributed by atoms with Crippen LogP contribution in [0.2, 0.25) is 0 Å². The maximum atomic E-state index is 13.1. The molecule has 0 rings (SSSR count). The molecule has 18 heteroatoms. The maximum Gasteiger partial charge on any atom is 0.472 e. The van der Waals surface area contributed by atoms with Crippen molar-refractivity contribution < 1.29 is 75.8 Å². The lowest BCUT2D eigenvalue weighted by atomic mass is 10.0. The highest BCUT2D eigenvalue weighted by Crippen LogP contribution is 2.45. The molecule has 0 aliphatic carbocycles. The van der Waals surface area contributed by atoms with Crippen LogP contribution in [0.15, 0.2) is 182 Å². The summed E-state index contributed by atoms with van der Waals surface area (Å²) >= 11 is 0. The lowest BCUT2D eigenvalue weighted by molar-refractivity contribution is -0.161. The molecule has 0 aromatic rings. The second kappa shape index (κ2) is 89.9. The van der Waals surface area contributed by atoms with Gasteiger partial charge in [0.25, 0.3) is 0 Å². The van der Waals surface area contributed by atoms with E-state index in [1.807, 2.05) is 0 Å². The molecule has 0 saturated heterocycles. The Morgan fingerprint density at radius 3 is 0.718 bits per heavy atom. The van der Waals surface area contributed by atoms with Crippen molar-refractivity contribution in [3.8, 4) is 0 Å². The van der Waals surface area contributed by atoms with Crippen LogP contribution in [0.3, 0.4) is 0 Å². The molecular formula is C99H166O16P2. The normalized spacial score (nSPS) is 14.6. The van der Waals surface area contributed by atoms with E-state index < -0.39 is 91.5 Å². The van der Waals surface area contributed by atoms with Gasteiger partial charge in [-0.25, -0.2) is 9.13 Å². The first-order valence-electron chi connectivity index (χ1n) is 46.1. The summed E-state index contributed by atoms with van der Waals surface area (Å²) in [5, 5.41) is 20.7. The Kier molecular flexibility index (Phi) is 85.8. The number of phosphoric acid groups is 2. The smallest absolute Gasteiger partial charge is 0.463 e. The Balaban J connectivity index is 4.61. The van der Waals surface area contributed by atoms with Gasteiger partial charge in [-0.2, -0.15) is 0 Å². The molecule has 0 saturated carbocycles. The molecule has 5 unspecified atom stereocenters. The molecule has 0 spiro atoms. The minimum absolute atomic E-state index is 0.0813. The second-order valence-corrected chi connectivity index (χ2v) is 33.2. The van der Waals surface area contributed by atoms with Crippen molar-refractivity contribution in [3.05, 3.63) is 182 Å². The monoisotopic (exact) mass is 1670 g/mol. The van der Waals surface area contributed by atoms with Gasteiger partial charge >= 0.3 is 33.6 Å². The van der Waals surface area contributed by atoms with Crippen molar-refractivity contribution in [3.63, 3.8) is 0 Å². The van der Waals surface area contributed by atoms with Gasteiger partial charge in [0, 0.05) is 19.3 Å². The molecule has 0 radical (unpaired) electrons. The molecule has 4 N–H and O–H groups in total. The van der Waals surface area contributed by atoms with Gasteiger partial charge < -0.3 is 34.2 Å². The molecule has 0 heterocycles. The number of esters is 3. The Hall–Kier alpha value is -5.35. The number of hydrogen-bond acceptors (Lipinski definition) is 14. The third-order valence-corrected chi connectivity index (χ3v) is 21.0. The third kappa shape index (κ3) is 91.2. The van der Waals surface area contributed by atoms with E-state index in [0.717, 1.165) is 193 Å². The average molecular weight is 1670 g/mol. The maximum absolute atomic E-state index is 13.1. The molecule has 5 atom stereocenters. The molecule has 0 aliphatic heterocycles. The number of carbonyl (C=O) groups excluding carboxylic acids is 3. The number of unbranched alkanes of at least 4 members (excludes halogenated alkanes) is 33. The number of aliphatic hydroxyl groups is 2. The summed E-state index contributed by atoms with van der Waals surface area (Å²) in [5.74, 6) is -1.60. The van der Waals surface area contributed by atoms with E-state index in [9.17, 15) is 43.5 Å². The van der Waals surface area contributed by atoms with Gasteiger partial charge in [0.1, 0.15) is 25.4 Å². The van der Waals surface area contributed by atoms with Crippen molar-refractivity contribution in [2.75, 3.05) is 39.6 Å². The summed E-state index contributed by atoms with van der Waals surface area (Å²) in [5.41, 5.74) is 0. The van der Waals surface area contributed by atoms with Crippen LogP contribution >= 0.6 is 15.6 Å². The molecule has 0 aromatic carbocycles. The van der Waals surface area contributed by atoms with E-state index >= 15 is 0 Å². The highest BCUT2D eigenvalue weighted by atomic mass is 31.2. The van der Waals surface area contributed by atoms with Crippen molar-refractivity contribution in [2.45, 2.75) is 386 Å². The minimum Gasteiger partial charge on any atom is -0.463 e. The lowest BCUT2D eigenvalue weighted by Crippen LogP contribution is -2.30. The van der Waals surface area contributed by atoms with Crippen molar-refractivity contribution in [2.24, 2.45) is 0 Å². The molecule has 0 fully saturated rings. The number of hydrogen-bond donors (Lipinski definition) is 4. The molecule has 0 aromatic heterocycles. The van der Waals surface area contributed by atoms with Gasteiger partial charge in [-0.15, -0.1) is 0 Å². The first-order chi connectivity index (χ1) is 57.2. The predicted octanol–water partition coefficient (Wildman–Crippen LogP) is 28.4. The van der Waals surface area contributed by atoms with Crippen LogP contribution in [-0.2, 0) is 55.8 Å². The molecule has 668 valence electrons. The Labute approximate surface area is 713 Å². The Morgan fingerprint density at radius 2 is 0.453 bits per heavy atom. The zero-order valence-corrected chi connectivity index (χ0v) is 75.4. The van der Waals surface area contributed by atoms with Crippen molar-refractivity contribution in [1.82, 2.24) is 0 Å². The second-order valence-electron chi connectivity index (χ2n) is 30.3. The number of allylic oxidation sites excluding steroid dienone is 30.